The number of carbonyl (C=O) groups excluding carboxylic acids is 1. The van der Waals surface area contributed by atoms with Crippen molar-refractivity contribution in [3.05, 3.63) is 35.9 Å². The van der Waals surface area contributed by atoms with Crippen molar-refractivity contribution >= 4 is 18.3 Å². The number of hydrogen-bond acceptors (Lipinski definition) is 3. The van der Waals surface area contributed by atoms with Crippen LogP contribution in [0.3, 0.4) is 0 Å². The van der Waals surface area contributed by atoms with Crippen LogP contribution in [0.1, 0.15) is 25.3 Å². The molecule has 0 saturated heterocycles. The standard InChI is InChI=1S/C14H22N2O2.ClH/c1-2-6-13(15)14(18)16-10-12(17)9-11-7-4-3-5-8-11;/h3-5,7-8,12-13,17H,2,6,9-10,15H2,1H3,(H,16,18);1H. The summed E-state index contributed by atoms with van der Waals surface area (Å²) in [5, 5.41) is 12.5. The second-order valence-electron chi connectivity index (χ2n) is 4.48. The fourth-order valence-corrected chi connectivity index (χ4v) is 1.75. The first-order chi connectivity index (χ1) is 8.63. The molecule has 5 heteroatoms. The summed E-state index contributed by atoms with van der Waals surface area (Å²) >= 11 is 0. The van der Waals surface area contributed by atoms with Crippen LogP contribution in [0, 0.1) is 0 Å². The number of amides is 1. The smallest absolute Gasteiger partial charge is 0.237 e. The van der Waals surface area contributed by atoms with Crippen LogP contribution < -0.4 is 11.1 Å². The van der Waals surface area contributed by atoms with Crippen LogP contribution in [-0.4, -0.2) is 29.7 Å². The molecule has 0 aromatic heterocycles. The van der Waals surface area contributed by atoms with E-state index >= 15 is 0 Å². The Morgan fingerprint density at radius 2 is 2.00 bits per heavy atom. The lowest BCUT2D eigenvalue weighted by Crippen LogP contribution is -2.43. The third kappa shape index (κ3) is 7.15. The van der Waals surface area contributed by atoms with E-state index in [0.717, 1.165) is 12.0 Å². The van der Waals surface area contributed by atoms with Crippen LogP contribution in [-0.2, 0) is 11.2 Å². The molecule has 2 unspecified atom stereocenters. The van der Waals surface area contributed by atoms with Crippen molar-refractivity contribution in [2.75, 3.05) is 6.54 Å². The van der Waals surface area contributed by atoms with Gasteiger partial charge in [0.2, 0.25) is 5.91 Å². The number of carbonyl (C=O) groups is 1. The van der Waals surface area contributed by atoms with E-state index in [4.69, 9.17) is 5.73 Å². The van der Waals surface area contributed by atoms with Crippen molar-refractivity contribution in [2.24, 2.45) is 5.73 Å². The van der Waals surface area contributed by atoms with Crippen LogP contribution >= 0.6 is 12.4 Å². The van der Waals surface area contributed by atoms with E-state index in [1.54, 1.807) is 0 Å². The number of aliphatic hydroxyl groups excluding tert-OH is 1. The first-order valence-corrected chi connectivity index (χ1v) is 6.38. The maximum absolute atomic E-state index is 11.5. The number of aliphatic hydroxyl groups is 1. The van der Waals surface area contributed by atoms with Crippen LogP contribution in [0.15, 0.2) is 30.3 Å². The topological polar surface area (TPSA) is 75.4 Å². The Balaban J connectivity index is 0.00000324. The summed E-state index contributed by atoms with van der Waals surface area (Å²) in [5.41, 5.74) is 6.73. The summed E-state index contributed by atoms with van der Waals surface area (Å²) in [7, 11) is 0. The highest BCUT2D eigenvalue weighted by molar-refractivity contribution is 5.85. The molecule has 0 bridgehead atoms. The van der Waals surface area contributed by atoms with Crippen molar-refractivity contribution in [1.29, 1.82) is 0 Å². The van der Waals surface area contributed by atoms with E-state index in [2.05, 4.69) is 5.32 Å². The minimum atomic E-state index is -0.579. The van der Waals surface area contributed by atoms with E-state index in [9.17, 15) is 9.90 Å². The Morgan fingerprint density at radius 3 is 2.58 bits per heavy atom. The van der Waals surface area contributed by atoms with Crippen molar-refractivity contribution in [2.45, 2.75) is 38.3 Å². The average Bonchev–Trinajstić information content (AvgIpc) is 2.37. The normalized spacial score (nSPS) is 13.2. The van der Waals surface area contributed by atoms with Gasteiger partial charge >= 0.3 is 0 Å². The van der Waals surface area contributed by atoms with E-state index in [-0.39, 0.29) is 24.9 Å². The third-order valence-electron chi connectivity index (χ3n) is 2.76. The number of rotatable bonds is 7. The quantitative estimate of drug-likeness (QED) is 0.706. The second-order valence-corrected chi connectivity index (χ2v) is 4.48. The average molecular weight is 287 g/mol. The molecule has 1 aromatic carbocycles. The van der Waals surface area contributed by atoms with Gasteiger partial charge in [-0.3, -0.25) is 4.79 Å². The van der Waals surface area contributed by atoms with Gasteiger partial charge in [0.05, 0.1) is 12.1 Å². The zero-order valence-electron chi connectivity index (χ0n) is 11.2. The fourth-order valence-electron chi connectivity index (χ4n) is 1.75. The molecule has 0 saturated carbocycles. The van der Waals surface area contributed by atoms with Gasteiger partial charge in [-0.25, -0.2) is 0 Å². The van der Waals surface area contributed by atoms with E-state index in [1.165, 1.54) is 0 Å². The Labute approximate surface area is 120 Å². The predicted octanol–water partition coefficient (Wildman–Crippen LogP) is 1.26. The number of nitrogens with one attached hydrogen (secondary N) is 1. The van der Waals surface area contributed by atoms with E-state index in [1.807, 2.05) is 37.3 Å². The molecule has 1 rings (SSSR count). The molecule has 0 radical (unpaired) electrons. The number of nitrogens with two attached hydrogens (primary N) is 1. The molecule has 0 aliphatic heterocycles. The lowest BCUT2D eigenvalue weighted by atomic mass is 10.1. The van der Waals surface area contributed by atoms with Crippen molar-refractivity contribution in [3.63, 3.8) is 0 Å². The third-order valence-corrected chi connectivity index (χ3v) is 2.76. The summed E-state index contributed by atoms with van der Waals surface area (Å²) < 4.78 is 0. The van der Waals surface area contributed by atoms with Crippen molar-refractivity contribution < 1.29 is 9.90 Å². The molecule has 1 amide bonds. The Bertz CT molecular complexity index is 360. The zero-order chi connectivity index (χ0) is 13.4. The molecule has 0 fully saturated rings. The molecule has 0 aliphatic rings. The number of halogens is 1. The van der Waals surface area contributed by atoms with Crippen molar-refractivity contribution in [3.8, 4) is 0 Å². The zero-order valence-corrected chi connectivity index (χ0v) is 12.0. The molecular formula is C14H23ClN2O2. The first-order valence-electron chi connectivity index (χ1n) is 6.38. The Hall–Kier alpha value is -1.10. The lowest BCUT2D eigenvalue weighted by molar-refractivity contribution is -0.122. The highest BCUT2D eigenvalue weighted by Gasteiger charge is 2.13. The molecule has 4 N–H and O–H groups in total. The highest BCUT2D eigenvalue weighted by atomic mass is 35.5. The SMILES string of the molecule is CCCC(N)C(=O)NCC(O)Cc1ccccc1.Cl. The molecule has 2 atom stereocenters. The molecular weight excluding hydrogens is 264 g/mol. The van der Waals surface area contributed by atoms with E-state index < -0.39 is 12.1 Å². The van der Waals surface area contributed by atoms with Crippen LogP contribution in [0.2, 0.25) is 0 Å². The maximum Gasteiger partial charge on any atom is 0.237 e. The molecule has 4 nitrogen and oxygen atoms in total. The van der Waals surface area contributed by atoms with Crippen LogP contribution in [0.5, 0.6) is 0 Å². The van der Waals surface area contributed by atoms with Gasteiger partial charge in [-0.1, -0.05) is 43.7 Å². The molecule has 19 heavy (non-hydrogen) atoms. The summed E-state index contributed by atoms with van der Waals surface area (Å²) in [5.74, 6) is -0.191. The first kappa shape index (κ1) is 17.9. The molecule has 0 spiro atoms. The van der Waals surface area contributed by atoms with Gasteiger partial charge in [0.25, 0.3) is 0 Å². The summed E-state index contributed by atoms with van der Waals surface area (Å²) in [4.78, 5) is 11.5. The van der Waals surface area contributed by atoms with Crippen molar-refractivity contribution in [1.82, 2.24) is 5.32 Å². The minimum absolute atomic E-state index is 0. The van der Waals surface area contributed by atoms with Crippen LogP contribution in [0.25, 0.3) is 0 Å². The van der Waals surface area contributed by atoms with Gasteiger partial charge in [0.15, 0.2) is 0 Å². The van der Waals surface area contributed by atoms with Gasteiger partial charge in [0.1, 0.15) is 0 Å². The molecule has 108 valence electrons. The second kappa shape index (κ2) is 9.78. The summed E-state index contributed by atoms with van der Waals surface area (Å²) in [6.07, 6.45) is 1.50. The number of hydrogen-bond donors (Lipinski definition) is 3. The molecule has 1 aromatic rings. The highest BCUT2D eigenvalue weighted by Crippen LogP contribution is 2.02. The monoisotopic (exact) mass is 286 g/mol. The predicted molar refractivity (Wildman–Crippen MR) is 79.3 cm³/mol. The fraction of sp³-hybridized carbons (Fsp3) is 0.500. The Morgan fingerprint density at radius 1 is 1.37 bits per heavy atom. The van der Waals surface area contributed by atoms with Gasteiger partial charge in [0, 0.05) is 13.0 Å². The van der Waals surface area contributed by atoms with E-state index in [0.29, 0.717) is 12.8 Å². The lowest BCUT2D eigenvalue weighted by Gasteiger charge is -2.14. The Kier molecular flexibility index (Phi) is 9.21. The van der Waals surface area contributed by atoms with Crippen LogP contribution in [0.4, 0.5) is 0 Å². The molecule has 0 aliphatic carbocycles. The molecule has 0 heterocycles. The largest absolute Gasteiger partial charge is 0.391 e. The minimum Gasteiger partial charge on any atom is -0.391 e. The summed E-state index contributed by atoms with van der Waals surface area (Å²) in [6.45, 7) is 2.22. The number of benzene rings is 1. The summed E-state index contributed by atoms with van der Waals surface area (Å²) in [6, 6.07) is 9.22. The van der Waals surface area contributed by atoms with Gasteiger partial charge in [-0.15, -0.1) is 12.4 Å². The van der Waals surface area contributed by atoms with Gasteiger partial charge in [-0.2, -0.15) is 0 Å². The maximum atomic E-state index is 11.5. The van der Waals surface area contributed by atoms with Gasteiger partial charge < -0.3 is 16.2 Å². The van der Waals surface area contributed by atoms with Gasteiger partial charge in [-0.05, 0) is 12.0 Å².